The van der Waals surface area contributed by atoms with Crippen molar-refractivity contribution < 1.29 is 4.39 Å². The van der Waals surface area contributed by atoms with Gasteiger partial charge in [0.1, 0.15) is 5.82 Å². The third-order valence-electron chi connectivity index (χ3n) is 2.87. The quantitative estimate of drug-likeness (QED) is 0.832. The highest BCUT2D eigenvalue weighted by Gasteiger charge is 2.11. The van der Waals surface area contributed by atoms with Gasteiger partial charge < -0.3 is 5.32 Å². The molecule has 0 aliphatic carbocycles. The first-order chi connectivity index (χ1) is 8.72. The lowest BCUT2D eigenvalue weighted by molar-refractivity contribution is 0.524. The Balaban J connectivity index is 2.04. The van der Waals surface area contributed by atoms with Gasteiger partial charge in [-0.1, -0.05) is 36.7 Å². The Labute approximate surface area is 116 Å². The summed E-state index contributed by atoms with van der Waals surface area (Å²) in [4.78, 5) is 1.30. The molecule has 0 radical (unpaired) electrons. The van der Waals surface area contributed by atoms with Crippen LogP contribution in [0.15, 0.2) is 35.7 Å². The van der Waals surface area contributed by atoms with Crippen LogP contribution >= 0.6 is 22.9 Å². The van der Waals surface area contributed by atoms with Crippen LogP contribution in [-0.2, 0) is 6.54 Å². The van der Waals surface area contributed by atoms with Gasteiger partial charge in [0.2, 0.25) is 0 Å². The molecule has 18 heavy (non-hydrogen) atoms. The number of thiophene rings is 1. The molecule has 1 atom stereocenters. The average molecular weight is 284 g/mol. The molecular weight excluding hydrogens is 269 g/mol. The Bertz CT molecular complexity index is 499. The Hall–Kier alpha value is -0.900. The van der Waals surface area contributed by atoms with E-state index in [1.54, 1.807) is 17.4 Å². The van der Waals surface area contributed by atoms with Crippen LogP contribution in [0.25, 0.3) is 0 Å². The van der Waals surface area contributed by atoms with Gasteiger partial charge in [0.15, 0.2) is 0 Å². The maximum absolute atomic E-state index is 13.3. The molecule has 0 aliphatic rings. The number of benzene rings is 1. The summed E-state index contributed by atoms with van der Waals surface area (Å²) < 4.78 is 13.3. The first kappa shape index (κ1) is 13.5. The van der Waals surface area contributed by atoms with Gasteiger partial charge in [0, 0.05) is 17.5 Å². The summed E-state index contributed by atoms with van der Waals surface area (Å²) in [5, 5.41) is 5.69. The van der Waals surface area contributed by atoms with E-state index >= 15 is 0 Å². The second-order valence-electron chi connectivity index (χ2n) is 4.07. The van der Waals surface area contributed by atoms with Crippen molar-refractivity contribution in [3.8, 4) is 0 Å². The van der Waals surface area contributed by atoms with E-state index in [2.05, 4.69) is 23.7 Å². The predicted octanol–water partition coefficient (Wildman–Crippen LogP) is 4.78. The maximum atomic E-state index is 13.3. The van der Waals surface area contributed by atoms with Gasteiger partial charge in [0.25, 0.3) is 0 Å². The summed E-state index contributed by atoms with van der Waals surface area (Å²) >= 11 is 7.66. The van der Waals surface area contributed by atoms with Gasteiger partial charge in [-0.2, -0.15) is 0 Å². The summed E-state index contributed by atoms with van der Waals surface area (Å²) in [6.45, 7) is 2.71. The Morgan fingerprint density at radius 1 is 1.33 bits per heavy atom. The van der Waals surface area contributed by atoms with E-state index in [1.165, 1.54) is 10.9 Å². The molecule has 1 aromatic carbocycles. The molecule has 2 aromatic rings. The van der Waals surface area contributed by atoms with Crippen LogP contribution in [0.2, 0.25) is 5.02 Å². The minimum atomic E-state index is -0.361. The highest BCUT2D eigenvalue weighted by Crippen LogP contribution is 2.24. The fourth-order valence-electron chi connectivity index (χ4n) is 1.85. The van der Waals surface area contributed by atoms with Crippen molar-refractivity contribution in [3.05, 3.63) is 57.0 Å². The average Bonchev–Trinajstić information content (AvgIpc) is 2.89. The lowest BCUT2D eigenvalue weighted by atomic mass is 10.1. The third kappa shape index (κ3) is 3.10. The molecule has 0 fully saturated rings. The van der Waals surface area contributed by atoms with E-state index in [-0.39, 0.29) is 10.8 Å². The van der Waals surface area contributed by atoms with Crippen LogP contribution in [0.5, 0.6) is 0 Å². The summed E-state index contributed by atoms with van der Waals surface area (Å²) in [7, 11) is 0. The molecule has 2 rings (SSSR count). The summed E-state index contributed by atoms with van der Waals surface area (Å²) in [6.07, 6.45) is 0.994. The highest BCUT2D eigenvalue weighted by molar-refractivity contribution is 7.10. The fourth-order valence-corrected chi connectivity index (χ4v) is 2.93. The predicted molar refractivity (Wildman–Crippen MR) is 75.6 cm³/mol. The van der Waals surface area contributed by atoms with Gasteiger partial charge in [-0.25, -0.2) is 4.39 Å². The first-order valence-electron chi connectivity index (χ1n) is 5.92. The lowest BCUT2D eigenvalue weighted by Gasteiger charge is -2.16. The normalized spacial score (nSPS) is 12.6. The highest BCUT2D eigenvalue weighted by atomic mass is 35.5. The van der Waals surface area contributed by atoms with E-state index in [9.17, 15) is 4.39 Å². The van der Waals surface area contributed by atoms with Gasteiger partial charge >= 0.3 is 0 Å². The molecule has 1 nitrogen and oxygen atoms in total. The number of hydrogen-bond donors (Lipinski definition) is 1. The Morgan fingerprint density at radius 2 is 2.17 bits per heavy atom. The zero-order chi connectivity index (χ0) is 13.0. The second-order valence-corrected chi connectivity index (χ2v) is 5.43. The molecule has 1 unspecified atom stereocenters. The van der Waals surface area contributed by atoms with Gasteiger partial charge in [-0.15, -0.1) is 11.3 Å². The van der Waals surface area contributed by atoms with E-state index < -0.39 is 0 Å². The van der Waals surface area contributed by atoms with Crippen LogP contribution in [0, 0.1) is 5.82 Å². The van der Waals surface area contributed by atoms with Gasteiger partial charge in [-0.3, -0.25) is 0 Å². The maximum Gasteiger partial charge on any atom is 0.142 e. The van der Waals surface area contributed by atoms with Crippen molar-refractivity contribution in [3.63, 3.8) is 0 Å². The summed E-state index contributed by atoms with van der Waals surface area (Å²) in [5.41, 5.74) is 0.798. The summed E-state index contributed by atoms with van der Waals surface area (Å²) in [5.74, 6) is -0.361. The van der Waals surface area contributed by atoms with Crippen molar-refractivity contribution in [1.82, 2.24) is 5.32 Å². The van der Waals surface area contributed by atoms with Crippen molar-refractivity contribution in [2.24, 2.45) is 0 Å². The lowest BCUT2D eigenvalue weighted by Crippen LogP contribution is -2.19. The van der Waals surface area contributed by atoms with Crippen LogP contribution in [0.3, 0.4) is 0 Å². The largest absolute Gasteiger partial charge is 0.305 e. The molecule has 0 spiro atoms. The third-order valence-corrected chi connectivity index (χ3v) is 4.27. The smallest absolute Gasteiger partial charge is 0.142 e. The molecular formula is C14H15ClFNS. The van der Waals surface area contributed by atoms with Crippen LogP contribution < -0.4 is 5.32 Å². The molecule has 0 saturated carbocycles. The van der Waals surface area contributed by atoms with E-state index in [0.717, 1.165) is 12.0 Å². The monoisotopic (exact) mass is 283 g/mol. The molecule has 1 aromatic heterocycles. The number of rotatable bonds is 5. The van der Waals surface area contributed by atoms with Crippen LogP contribution in [0.4, 0.5) is 4.39 Å². The number of nitrogens with one attached hydrogen (secondary N) is 1. The topological polar surface area (TPSA) is 12.0 Å². The second kappa shape index (κ2) is 6.32. The minimum absolute atomic E-state index is 0.214. The fraction of sp³-hybridized carbons (Fsp3) is 0.286. The van der Waals surface area contributed by atoms with Crippen molar-refractivity contribution in [1.29, 1.82) is 0 Å². The Kier molecular flexibility index (Phi) is 4.75. The minimum Gasteiger partial charge on any atom is -0.305 e. The van der Waals surface area contributed by atoms with Gasteiger partial charge in [-0.05, 0) is 29.5 Å². The number of halogens is 2. The SMILES string of the molecule is CCC(NCc1cccc(F)c1Cl)c1cccs1. The first-order valence-corrected chi connectivity index (χ1v) is 7.17. The van der Waals surface area contributed by atoms with Crippen molar-refractivity contribution >= 4 is 22.9 Å². The van der Waals surface area contributed by atoms with E-state index in [4.69, 9.17) is 11.6 Å². The molecule has 4 heteroatoms. The molecule has 1 N–H and O–H groups in total. The van der Waals surface area contributed by atoms with Crippen molar-refractivity contribution in [2.75, 3.05) is 0 Å². The molecule has 0 aliphatic heterocycles. The van der Waals surface area contributed by atoms with E-state index in [0.29, 0.717) is 12.6 Å². The Morgan fingerprint density at radius 3 is 2.83 bits per heavy atom. The van der Waals surface area contributed by atoms with Crippen LogP contribution in [-0.4, -0.2) is 0 Å². The zero-order valence-corrected chi connectivity index (χ0v) is 11.7. The standard InChI is InChI=1S/C14H15ClFNS/c1-2-12(13-7-4-8-18-13)17-9-10-5-3-6-11(16)14(10)15/h3-8,12,17H,2,9H2,1H3. The summed E-state index contributed by atoms with van der Waals surface area (Å²) in [6, 6.07) is 9.36. The van der Waals surface area contributed by atoms with Gasteiger partial charge in [0.05, 0.1) is 5.02 Å². The molecule has 1 heterocycles. The molecule has 0 saturated heterocycles. The molecule has 96 valence electrons. The zero-order valence-electron chi connectivity index (χ0n) is 10.1. The van der Waals surface area contributed by atoms with Crippen LogP contribution in [0.1, 0.15) is 29.8 Å². The van der Waals surface area contributed by atoms with E-state index in [1.807, 2.05) is 12.1 Å². The molecule has 0 amide bonds. The molecule has 0 bridgehead atoms. The van der Waals surface area contributed by atoms with Crippen molar-refractivity contribution in [2.45, 2.75) is 25.9 Å². The number of hydrogen-bond acceptors (Lipinski definition) is 2.